The van der Waals surface area contributed by atoms with E-state index in [0.29, 0.717) is 16.6 Å². The Balaban J connectivity index is 1.75. The van der Waals surface area contributed by atoms with Crippen LogP contribution in [0.3, 0.4) is 0 Å². The molecule has 0 atom stereocenters. The lowest BCUT2D eigenvalue weighted by molar-refractivity contribution is 0.340. The van der Waals surface area contributed by atoms with Gasteiger partial charge in [-0.2, -0.15) is 5.10 Å². The summed E-state index contributed by atoms with van der Waals surface area (Å²) in [5.41, 5.74) is 8.12. The zero-order valence-corrected chi connectivity index (χ0v) is 16.4. The van der Waals surface area contributed by atoms with Crippen LogP contribution in [0.1, 0.15) is 16.7 Å². The first-order valence-electron chi connectivity index (χ1n) is 8.29. The molecular formula is C20H21N3O3S. The molecule has 140 valence electrons. The number of aromatic hydroxyl groups is 1. The van der Waals surface area contributed by atoms with Gasteiger partial charge in [0.2, 0.25) is 10.9 Å². The van der Waals surface area contributed by atoms with Crippen LogP contribution in [0.5, 0.6) is 17.2 Å². The Hall–Kier alpha value is -3.06. The maximum atomic E-state index is 9.95. The van der Waals surface area contributed by atoms with Crippen LogP contribution >= 0.6 is 11.3 Å². The average molecular weight is 383 g/mol. The Morgan fingerprint density at radius 3 is 2.44 bits per heavy atom. The number of aromatic nitrogens is 1. The van der Waals surface area contributed by atoms with Gasteiger partial charge in [0.05, 0.1) is 26.1 Å². The number of anilines is 1. The fourth-order valence-corrected chi connectivity index (χ4v) is 3.36. The lowest BCUT2D eigenvalue weighted by Gasteiger charge is -2.09. The largest absolute Gasteiger partial charge is 0.502 e. The number of benzene rings is 2. The fraction of sp³-hybridized carbons (Fsp3) is 0.200. The van der Waals surface area contributed by atoms with Gasteiger partial charge in [-0.25, -0.2) is 4.98 Å². The molecule has 0 fully saturated rings. The quantitative estimate of drug-likeness (QED) is 0.481. The van der Waals surface area contributed by atoms with Crippen molar-refractivity contribution in [3.63, 3.8) is 0 Å². The Bertz CT molecular complexity index is 957. The van der Waals surface area contributed by atoms with E-state index in [4.69, 9.17) is 9.47 Å². The lowest BCUT2D eigenvalue weighted by atomic mass is 10.0. The van der Waals surface area contributed by atoms with Crippen molar-refractivity contribution >= 4 is 22.7 Å². The van der Waals surface area contributed by atoms with E-state index >= 15 is 0 Å². The minimum absolute atomic E-state index is 0.0388. The van der Waals surface area contributed by atoms with Crippen molar-refractivity contribution in [2.24, 2.45) is 5.10 Å². The molecule has 0 saturated heterocycles. The summed E-state index contributed by atoms with van der Waals surface area (Å²) in [5.74, 6) is 0.604. The van der Waals surface area contributed by atoms with E-state index in [1.54, 1.807) is 18.3 Å². The normalized spacial score (nSPS) is 11.0. The lowest BCUT2D eigenvalue weighted by Crippen LogP contribution is -1.94. The molecule has 0 aliphatic carbocycles. The molecule has 0 unspecified atom stereocenters. The summed E-state index contributed by atoms with van der Waals surface area (Å²) in [7, 11) is 2.97. The van der Waals surface area contributed by atoms with Gasteiger partial charge < -0.3 is 14.6 Å². The molecule has 0 saturated carbocycles. The van der Waals surface area contributed by atoms with Crippen molar-refractivity contribution in [3.8, 4) is 28.5 Å². The third-order valence-electron chi connectivity index (χ3n) is 4.04. The highest BCUT2D eigenvalue weighted by molar-refractivity contribution is 7.14. The van der Waals surface area contributed by atoms with Gasteiger partial charge >= 0.3 is 0 Å². The van der Waals surface area contributed by atoms with Gasteiger partial charge in [-0.15, -0.1) is 11.3 Å². The number of thiazole rings is 1. The summed E-state index contributed by atoms with van der Waals surface area (Å²) < 4.78 is 10.3. The molecule has 0 aliphatic heterocycles. The van der Waals surface area contributed by atoms with Crippen LogP contribution in [0.4, 0.5) is 5.13 Å². The Morgan fingerprint density at radius 2 is 1.81 bits per heavy atom. The molecule has 0 radical (unpaired) electrons. The number of aryl methyl sites for hydroxylation is 2. The zero-order valence-electron chi connectivity index (χ0n) is 15.6. The summed E-state index contributed by atoms with van der Waals surface area (Å²) >= 11 is 1.48. The third-order valence-corrected chi connectivity index (χ3v) is 4.78. The van der Waals surface area contributed by atoms with Gasteiger partial charge in [-0.3, -0.25) is 5.43 Å². The second kappa shape index (κ2) is 8.09. The van der Waals surface area contributed by atoms with Crippen LogP contribution < -0.4 is 14.9 Å². The summed E-state index contributed by atoms with van der Waals surface area (Å²) in [6.07, 6.45) is 1.61. The molecule has 2 N–H and O–H groups in total. The number of hydrogen-bond acceptors (Lipinski definition) is 7. The van der Waals surface area contributed by atoms with E-state index in [9.17, 15) is 5.11 Å². The Morgan fingerprint density at radius 1 is 1.11 bits per heavy atom. The van der Waals surface area contributed by atoms with Crippen molar-refractivity contribution in [2.45, 2.75) is 13.8 Å². The van der Waals surface area contributed by atoms with Crippen molar-refractivity contribution in [3.05, 3.63) is 52.4 Å². The molecule has 0 spiro atoms. The van der Waals surface area contributed by atoms with E-state index < -0.39 is 0 Å². The van der Waals surface area contributed by atoms with Gasteiger partial charge in [0, 0.05) is 16.5 Å². The predicted molar refractivity (Wildman–Crippen MR) is 109 cm³/mol. The number of nitrogens with zero attached hydrogens (tertiary/aromatic N) is 2. The van der Waals surface area contributed by atoms with Crippen molar-refractivity contribution < 1.29 is 14.6 Å². The van der Waals surface area contributed by atoms with Gasteiger partial charge in [0.25, 0.3) is 0 Å². The van der Waals surface area contributed by atoms with E-state index in [2.05, 4.69) is 47.6 Å². The monoisotopic (exact) mass is 383 g/mol. The van der Waals surface area contributed by atoms with Crippen molar-refractivity contribution in [2.75, 3.05) is 19.6 Å². The Labute approximate surface area is 162 Å². The molecule has 27 heavy (non-hydrogen) atoms. The van der Waals surface area contributed by atoms with Gasteiger partial charge in [0.15, 0.2) is 11.5 Å². The summed E-state index contributed by atoms with van der Waals surface area (Å²) in [4.78, 5) is 4.59. The highest BCUT2D eigenvalue weighted by Gasteiger charge is 2.10. The average Bonchev–Trinajstić information content (AvgIpc) is 3.11. The van der Waals surface area contributed by atoms with Crippen LogP contribution in [-0.2, 0) is 0 Å². The molecule has 2 aromatic carbocycles. The zero-order chi connectivity index (χ0) is 19.4. The molecule has 1 heterocycles. The van der Waals surface area contributed by atoms with E-state index in [-0.39, 0.29) is 5.75 Å². The SMILES string of the molecule is COc1cc(/C=N\Nc2nc(-c3ccc(C)cc3C)cs2)cc(OC)c1O. The van der Waals surface area contributed by atoms with Crippen molar-refractivity contribution in [1.29, 1.82) is 0 Å². The van der Waals surface area contributed by atoms with E-state index in [0.717, 1.165) is 16.8 Å². The second-order valence-corrected chi connectivity index (χ2v) is 6.86. The Kier molecular flexibility index (Phi) is 5.61. The first-order chi connectivity index (χ1) is 13.0. The van der Waals surface area contributed by atoms with E-state index in [1.807, 2.05) is 5.38 Å². The minimum Gasteiger partial charge on any atom is -0.502 e. The number of methoxy groups -OCH3 is 2. The summed E-state index contributed by atoms with van der Waals surface area (Å²) in [5, 5.41) is 16.9. The number of ether oxygens (including phenoxy) is 2. The standard InChI is InChI=1S/C20H21N3O3S/c1-12-5-6-15(13(2)7-12)16-11-27-20(22-16)23-21-10-14-8-17(25-3)19(24)18(9-14)26-4/h5-11,24H,1-4H3,(H,22,23)/b21-10-. The predicted octanol–water partition coefficient (Wildman–Crippen LogP) is 4.60. The molecule has 1 aromatic heterocycles. The highest BCUT2D eigenvalue weighted by atomic mass is 32.1. The van der Waals surface area contributed by atoms with Crippen LogP contribution in [0, 0.1) is 13.8 Å². The van der Waals surface area contributed by atoms with Crippen LogP contribution in [0.25, 0.3) is 11.3 Å². The van der Waals surface area contributed by atoms with Crippen LogP contribution in [0.2, 0.25) is 0 Å². The maximum absolute atomic E-state index is 9.95. The van der Waals surface area contributed by atoms with Gasteiger partial charge in [-0.05, 0) is 31.5 Å². The first kappa shape index (κ1) is 18.7. The summed E-state index contributed by atoms with van der Waals surface area (Å²) in [6, 6.07) is 9.66. The molecule has 3 aromatic rings. The molecule has 0 amide bonds. The van der Waals surface area contributed by atoms with Crippen LogP contribution in [-0.4, -0.2) is 30.5 Å². The summed E-state index contributed by atoms with van der Waals surface area (Å²) in [6.45, 7) is 4.16. The molecular weight excluding hydrogens is 362 g/mol. The number of hydrazone groups is 1. The molecule has 7 heteroatoms. The van der Waals surface area contributed by atoms with E-state index in [1.165, 1.54) is 36.7 Å². The van der Waals surface area contributed by atoms with Gasteiger partial charge in [0.1, 0.15) is 0 Å². The van der Waals surface area contributed by atoms with Gasteiger partial charge in [-0.1, -0.05) is 23.8 Å². The van der Waals surface area contributed by atoms with Crippen molar-refractivity contribution in [1.82, 2.24) is 4.98 Å². The maximum Gasteiger partial charge on any atom is 0.203 e. The number of phenols is 1. The topological polar surface area (TPSA) is 76.0 Å². The number of nitrogens with one attached hydrogen (secondary N) is 1. The second-order valence-electron chi connectivity index (χ2n) is 6.00. The highest BCUT2D eigenvalue weighted by Crippen LogP contribution is 2.36. The van der Waals surface area contributed by atoms with Crippen LogP contribution in [0.15, 0.2) is 40.8 Å². The molecule has 3 rings (SSSR count). The fourth-order valence-electron chi connectivity index (χ4n) is 2.70. The number of hydrogen-bond donors (Lipinski definition) is 2. The number of phenolic OH excluding ortho intramolecular Hbond substituents is 1. The first-order valence-corrected chi connectivity index (χ1v) is 9.17. The molecule has 0 bridgehead atoms. The minimum atomic E-state index is -0.0388. The molecule has 0 aliphatic rings. The third kappa shape index (κ3) is 4.20. The number of rotatable bonds is 6. The molecule has 6 nitrogen and oxygen atoms in total. The smallest absolute Gasteiger partial charge is 0.203 e.